The molecular formula is C9H16O. The molecule has 1 rings (SSSR count). The van der Waals surface area contributed by atoms with E-state index >= 15 is 0 Å². The number of hydrogen-bond donors (Lipinski definition) is 0. The van der Waals surface area contributed by atoms with E-state index in [9.17, 15) is 0 Å². The van der Waals surface area contributed by atoms with Gasteiger partial charge in [-0.1, -0.05) is 18.1 Å². The van der Waals surface area contributed by atoms with Crippen molar-refractivity contribution in [3.63, 3.8) is 0 Å². The van der Waals surface area contributed by atoms with Gasteiger partial charge in [0, 0.05) is 13.0 Å². The highest BCUT2D eigenvalue weighted by atomic mass is 16.5. The zero-order valence-corrected chi connectivity index (χ0v) is 7.27. The van der Waals surface area contributed by atoms with Gasteiger partial charge in [-0.05, 0) is 20.3 Å². The lowest BCUT2D eigenvalue weighted by Crippen LogP contribution is -2.15. The maximum atomic E-state index is 5.32. The van der Waals surface area contributed by atoms with Gasteiger partial charge >= 0.3 is 0 Å². The van der Waals surface area contributed by atoms with E-state index in [2.05, 4.69) is 20.8 Å². The predicted molar refractivity (Wildman–Crippen MR) is 43.0 cm³/mol. The third kappa shape index (κ3) is 1.10. The molecule has 2 atom stereocenters. The van der Waals surface area contributed by atoms with Crippen LogP contribution in [-0.4, -0.2) is 13.2 Å². The molecule has 1 nitrogen and oxygen atoms in total. The monoisotopic (exact) mass is 140 g/mol. The molecule has 0 spiro atoms. The Morgan fingerprint density at radius 3 is 2.20 bits per heavy atom. The van der Waals surface area contributed by atoms with Gasteiger partial charge < -0.3 is 4.74 Å². The highest BCUT2D eigenvalue weighted by Crippen LogP contribution is 2.32. The van der Waals surface area contributed by atoms with E-state index in [1.165, 1.54) is 11.1 Å². The van der Waals surface area contributed by atoms with Gasteiger partial charge in [0.15, 0.2) is 0 Å². The molecule has 0 N–H and O–H groups in total. The molecule has 0 bridgehead atoms. The van der Waals surface area contributed by atoms with Crippen molar-refractivity contribution < 1.29 is 4.74 Å². The Morgan fingerprint density at radius 1 is 1.40 bits per heavy atom. The summed E-state index contributed by atoms with van der Waals surface area (Å²) >= 11 is 0. The summed E-state index contributed by atoms with van der Waals surface area (Å²) in [4.78, 5) is 0. The standard InChI is InChI=1S/C9H16O/c1-6-5-9(10-4)8(3)7(6)2/h8-9H,5H2,1-4H3. The van der Waals surface area contributed by atoms with Crippen molar-refractivity contribution >= 4 is 0 Å². The van der Waals surface area contributed by atoms with Gasteiger partial charge in [0.05, 0.1) is 6.10 Å². The number of methoxy groups -OCH3 is 1. The van der Waals surface area contributed by atoms with Crippen molar-refractivity contribution in [1.82, 2.24) is 0 Å². The van der Waals surface area contributed by atoms with Crippen LogP contribution in [0.4, 0.5) is 0 Å². The molecule has 2 unspecified atom stereocenters. The summed E-state index contributed by atoms with van der Waals surface area (Å²) in [6.45, 7) is 6.64. The molecule has 1 heteroatoms. The average molecular weight is 140 g/mol. The smallest absolute Gasteiger partial charge is 0.0670 e. The first kappa shape index (κ1) is 7.80. The first-order valence-corrected chi connectivity index (χ1v) is 3.86. The molecule has 10 heavy (non-hydrogen) atoms. The SMILES string of the molecule is COC1CC(C)=C(C)C1C. The van der Waals surface area contributed by atoms with Crippen LogP contribution < -0.4 is 0 Å². The minimum atomic E-state index is 0.444. The van der Waals surface area contributed by atoms with E-state index < -0.39 is 0 Å². The first-order chi connectivity index (χ1) is 4.66. The van der Waals surface area contributed by atoms with E-state index in [0.717, 1.165) is 6.42 Å². The van der Waals surface area contributed by atoms with Crippen molar-refractivity contribution in [1.29, 1.82) is 0 Å². The molecule has 1 aliphatic carbocycles. The lowest BCUT2D eigenvalue weighted by Gasteiger charge is -2.14. The second-order valence-corrected chi connectivity index (χ2v) is 3.23. The summed E-state index contributed by atoms with van der Waals surface area (Å²) in [6, 6.07) is 0. The van der Waals surface area contributed by atoms with Gasteiger partial charge in [-0.2, -0.15) is 0 Å². The van der Waals surface area contributed by atoms with Crippen LogP contribution in [0.25, 0.3) is 0 Å². The predicted octanol–water partition coefficient (Wildman–Crippen LogP) is 2.38. The fourth-order valence-electron chi connectivity index (χ4n) is 1.59. The third-order valence-electron chi connectivity index (χ3n) is 2.72. The van der Waals surface area contributed by atoms with Gasteiger partial charge in [0.1, 0.15) is 0 Å². The fourth-order valence-corrected chi connectivity index (χ4v) is 1.59. The summed E-state index contributed by atoms with van der Waals surface area (Å²) < 4.78 is 5.32. The summed E-state index contributed by atoms with van der Waals surface area (Å²) in [7, 11) is 1.80. The lowest BCUT2D eigenvalue weighted by molar-refractivity contribution is 0.0813. The molecule has 0 saturated heterocycles. The van der Waals surface area contributed by atoms with Crippen LogP contribution in [0.15, 0.2) is 11.1 Å². The second-order valence-electron chi connectivity index (χ2n) is 3.23. The van der Waals surface area contributed by atoms with Crippen LogP contribution in [-0.2, 0) is 4.74 Å². The number of rotatable bonds is 1. The normalized spacial score (nSPS) is 33.6. The van der Waals surface area contributed by atoms with Crippen LogP contribution >= 0.6 is 0 Å². The Bertz CT molecular complexity index is 158. The van der Waals surface area contributed by atoms with Crippen molar-refractivity contribution in [2.24, 2.45) is 5.92 Å². The maximum Gasteiger partial charge on any atom is 0.0670 e. The summed E-state index contributed by atoms with van der Waals surface area (Å²) in [6.07, 6.45) is 1.57. The Kier molecular flexibility index (Phi) is 2.14. The number of ether oxygens (including phenoxy) is 1. The molecule has 0 radical (unpaired) electrons. The van der Waals surface area contributed by atoms with Gasteiger partial charge in [0.25, 0.3) is 0 Å². The zero-order valence-electron chi connectivity index (χ0n) is 7.27. The molecule has 1 aliphatic rings. The molecule has 0 heterocycles. The van der Waals surface area contributed by atoms with Crippen LogP contribution in [0, 0.1) is 5.92 Å². The van der Waals surface area contributed by atoms with Crippen LogP contribution in [0.2, 0.25) is 0 Å². The molecule has 0 saturated carbocycles. The van der Waals surface area contributed by atoms with Crippen LogP contribution in [0.3, 0.4) is 0 Å². The third-order valence-corrected chi connectivity index (χ3v) is 2.72. The number of hydrogen-bond acceptors (Lipinski definition) is 1. The fraction of sp³-hybridized carbons (Fsp3) is 0.778. The topological polar surface area (TPSA) is 9.23 Å². The minimum Gasteiger partial charge on any atom is -0.381 e. The zero-order chi connectivity index (χ0) is 7.72. The minimum absolute atomic E-state index is 0.444. The van der Waals surface area contributed by atoms with Crippen LogP contribution in [0.5, 0.6) is 0 Å². The summed E-state index contributed by atoms with van der Waals surface area (Å²) in [5, 5.41) is 0. The molecule has 0 aliphatic heterocycles. The van der Waals surface area contributed by atoms with E-state index in [1.54, 1.807) is 7.11 Å². The highest BCUT2D eigenvalue weighted by molar-refractivity contribution is 5.21. The lowest BCUT2D eigenvalue weighted by atomic mass is 10.0. The summed E-state index contributed by atoms with van der Waals surface area (Å²) in [5.41, 5.74) is 3.03. The molecule has 0 aromatic carbocycles. The second kappa shape index (κ2) is 2.75. The summed E-state index contributed by atoms with van der Waals surface area (Å²) in [5.74, 6) is 0.630. The van der Waals surface area contributed by atoms with Crippen molar-refractivity contribution in [2.75, 3.05) is 7.11 Å². The van der Waals surface area contributed by atoms with E-state index in [0.29, 0.717) is 12.0 Å². The van der Waals surface area contributed by atoms with Gasteiger partial charge in [-0.15, -0.1) is 0 Å². The molecular weight excluding hydrogens is 124 g/mol. The molecule has 0 aromatic heterocycles. The Morgan fingerprint density at radius 2 is 2.00 bits per heavy atom. The maximum absolute atomic E-state index is 5.32. The molecule has 0 aromatic rings. The molecule has 0 fully saturated rings. The van der Waals surface area contributed by atoms with Crippen molar-refractivity contribution in [3.8, 4) is 0 Å². The largest absolute Gasteiger partial charge is 0.381 e. The highest BCUT2D eigenvalue weighted by Gasteiger charge is 2.26. The Hall–Kier alpha value is -0.300. The van der Waals surface area contributed by atoms with Gasteiger partial charge in [0.2, 0.25) is 0 Å². The molecule has 58 valence electrons. The van der Waals surface area contributed by atoms with Crippen molar-refractivity contribution in [3.05, 3.63) is 11.1 Å². The first-order valence-electron chi connectivity index (χ1n) is 3.86. The van der Waals surface area contributed by atoms with Crippen molar-refractivity contribution in [2.45, 2.75) is 33.3 Å². The Labute approximate surface area is 63.1 Å². The average Bonchev–Trinajstić information content (AvgIpc) is 2.17. The quantitative estimate of drug-likeness (QED) is 0.508. The van der Waals surface area contributed by atoms with E-state index in [4.69, 9.17) is 4.74 Å². The van der Waals surface area contributed by atoms with Gasteiger partial charge in [-0.25, -0.2) is 0 Å². The van der Waals surface area contributed by atoms with E-state index in [-0.39, 0.29) is 0 Å². The Balaban J connectivity index is 2.67. The van der Waals surface area contributed by atoms with Gasteiger partial charge in [-0.3, -0.25) is 0 Å². The molecule has 0 amide bonds. The van der Waals surface area contributed by atoms with Crippen LogP contribution in [0.1, 0.15) is 27.2 Å². The van der Waals surface area contributed by atoms with E-state index in [1.807, 2.05) is 0 Å².